The van der Waals surface area contributed by atoms with Crippen LogP contribution in [0.2, 0.25) is 0 Å². The third-order valence-corrected chi connectivity index (χ3v) is 6.55. The lowest BCUT2D eigenvalue weighted by molar-refractivity contribution is 0.392. The first-order chi connectivity index (χ1) is 10.6. The Bertz CT molecular complexity index is 606. The minimum atomic E-state index is -3.33. The van der Waals surface area contributed by atoms with Crippen molar-refractivity contribution in [1.29, 1.82) is 0 Å². The molecule has 0 radical (unpaired) electrons. The van der Waals surface area contributed by atoms with Crippen LogP contribution in [0, 0.1) is 0 Å². The van der Waals surface area contributed by atoms with Gasteiger partial charge in [0.15, 0.2) is 0 Å². The summed E-state index contributed by atoms with van der Waals surface area (Å²) < 4.78 is 28.3. The van der Waals surface area contributed by atoms with Gasteiger partial charge in [0, 0.05) is 45.5 Å². The van der Waals surface area contributed by atoms with Crippen LogP contribution in [0.15, 0.2) is 24.3 Å². The highest BCUT2D eigenvalue weighted by Crippen LogP contribution is 2.26. The molecule has 0 saturated carbocycles. The second-order valence-corrected chi connectivity index (χ2v) is 8.23. The molecule has 2 saturated heterocycles. The van der Waals surface area contributed by atoms with Crippen molar-refractivity contribution < 1.29 is 8.42 Å². The van der Waals surface area contributed by atoms with Crippen LogP contribution < -0.4 is 4.90 Å². The van der Waals surface area contributed by atoms with Gasteiger partial charge in [-0.1, -0.05) is 18.2 Å². The maximum absolute atomic E-state index is 12.6. The smallest absolute Gasteiger partial charge is 0.282 e. The number of nitrogens with zero attached hydrogens (tertiary/aromatic N) is 3. The summed E-state index contributed by atoms with van der Waals surface area (Å²) in [6, 6.07) is 8.18. The molecule has 122 valence electrons. The van der Waals surface area contributed by atoms with Crippen LogP contribution in [0.25, 0.3) is 0 Å². The molecular formula is C16H25N3O2S. The Kier molecular flexibility index (Phi) is 4.70. The average molecular weight is 323 g/mol. The largest absolute Gasteiger partial charge is 0.371 e. The fraction of sp³-hybridized carbons (Fsp3) is 0.625. The van der Waals surface area contributed by atoms with Crippen LogP contribution in [0.1, 0.15) is 31.2 Å². The molecule has 0 spiro atoms. The number of hydrogen-bond acceptors (Lipinski definition) is 3. The molecule has 3 rings (SSSR count). The molecule has 6 heteroatoms. The summed E-state index contributed by atoms with van der Waals surface area (Å²) in [6.07, 6.45) is 4.38. The van der Waals surface area contributed by atoms with Gasteiger partial charge in [-0.15, -0.1) is 0 Å². The Morgan fingerprint density at radius 2 is 1.59 bits per heavy atom. The molecule has 0 unspecified atom stereocenters. The van der Waals surface area contributed by atoms with Crippen LogP contribution in [0.3, 0.4) is 0 Å². The Labute approximate surface area is 133 Å². The van der Waals surface area contributed by atoms with Crippen LogP contribution in [0.5, 0.6) is 0 Å². The monoisotopic (exact) mass is 323 g/mol. The van der Waals surface area contributed by atoms with Crippen molar-refractivity contribution in [3.63, 3.8) is 0 Å². The lowest BCUT2D eigenvalue weighted by Gasteiger charge is -2.26. The van der Waals surface area contributed by atoms with E-state index in [9.17, 15) is 8.42 Å². The first-order valence-electron chi connectivity index (χ1n) is 8.13. The maximum atomic E-state index is 12.6. The van der Waals surface area contributed by atoms with E-state index < -0.39 is 10.2 Å². The van der Waals surface area contributed by atoms with Gasteiger partial charge in [0.25, 0.3) is 10.2 Å². The molecule has 1 aromatic carbocycles. The van der Waals surface area contributed by atoms with Crippen molar-refractivity contribution in [3.05, 3.63) is 29.8 Å². The Balaban J connectivity index is 1.77. The van der Waals surface area contributed by atoms with E-state index in [1.165, 1.54) is 22.8 Å². The molecule has 0 aromatic heterocycles. The molecule has 2 heterocycles. The van der Waals surface area contributed by atoms with Gasteiger partial charge < -0.3 is 4.90 Å². The van der Waals surface area contributed by atoms with Crippen molar-refractivity contribution in [3.8, 4) is 0 Å². The minimum Gasteiger partial charge on any atom is -0.371 e. The van der Waals surface area contributed by atoms with E-state index in [1.54, 1.807) is 11.4 Å². The van der Waals surface area contributed by atoms with Crippen molar-refractivity contribution in [2.45, 2.75) is 32.2 Å². The molecule has 1 aromatic rings. The summed E-state index contributed by atoms with van der Waals surface area (Å²) in [7, 11) is -1.64. The quantitative estimate of drug-likeness (QED) is 0.833. The Morgan fingerprint density at radius 1 is 1.00 bits per heavy atom. The van der Waals surface area contributed by atoms with E-state index in [1.807, 2.05) is 18.2 Å². The third-order valence-electron chi connectivity index (χ3n) is 4.62. The summed E-state index contributed by atoms with van der Waals surface area (Å²) in [5.74, 6) is 0. The van der Waals surface area contributed by atoms with Crippen molar-refractivity contribution in [1.82, 2.24) is 8.61 Å². The zero-order chi connectivity index (χ0) is 15.6. The normalized spacial score (nSPS) is 20.2. The standard InChI is InChI=1S/C16H25N3O2S/c1-17(22(20,21)19-12-6-7-13-19)14-15-8-2-3-9-16(15)18-10-4-5-11-18/h2-3,8-9H,4-7,10-14H2,1H3. The molecule has 2 aliphatic heterocycles. The molecule has 22 heavy (non-hydrogen) atoms. The number of benzene rings is 1. The van der Waals surface area contributed by atoms with Gasteiger partial charge in [0.1, 0.15) is 0 Å². The lowest BCUT2D eigenvalue weighted by atomic mass is 10.1. The fourth-order valence-electron chi connectivity index (χ4n) is 3.35. The SMILES string of the molecule is CN(Cc1ccccc1N1CCCC1)S(=O)(=O)N1CCCC1. The van der Waals surface area contributed by atoms with Gasteiger partial charge in [-0.2, -0.15) is 17.0 Å². The van der Waals surface area contributed by atoms with Crippen LogP contribution in [0.4, 0.5) is 5.69 Å². The minimum absolute atomic E-state index is 0.436. The molecule has 0 atom stereocenters. The van der Waals surface area contributed by atoms with Crippen molar-refractivity contribution in [2.24, 2.45) is 0 Å². The molecule has 2 aliphatic rings. The second kappa shape index (κ2) is 6.56. The number of hydrogen-bond donors (Lipinski definition) is 0. The number of anilines is 1. The van der Waals surface area contributed by atoms with Gasteiger partial charge >= 0.3 is 0 Å². The lowest BCUT2D eigenvalue weighted by Crippen LogP contribution is -2.40. The van der Waals surface area contributed by atoms with E-state index in [2.05, 4.69) is 11.0 Å². The van der Waals surface area contributed by atoms with Crippen LogP contribution >= 0.6 is 0 Å². The zero-order valence-corrected chi connectivity index (χ0v) is 14.1. The van der Waals surface area contributed by atoms with Crippen LogP contribution in [-0.2, 0) is 16.8 Å². The molecule has 0 N–H and O–H groups in total. The van der Waals surface area contributed by atoms with Gasteiger partial charge in [0.2, 0.25) is 0 Å². The highest BCUT2D eigenvalue weighted by molar-refractivity contribution is 7.86. The van der Waals surface area contributed by atoms with Gasteiger partial charge in [0.05, 0.1) is 0 Å². The predicted molar refractivity (Wildman–Crippen MR) is 89.1 cm³/mol. The summed E-state index contributed by atoms with van der Waals surface area (Å²) in [5, 5.41) is 0. The molecule has 2 fully saturated rings. The first-order valence-corrected chi connectivity index (χ1v) is 9.53. The Morgan fingerprint density at radius 3 is 2.27 bits per heavy atom. The topological polar surface area (TPSA) is 43.9 Å². The molecule has 0 aliphatic carbocycles. The highest BCUT2D eigenvalue weighted by atomic mass is 32.2. The molecule has 0 amide bonds. The van der Waals surface area contributed by atoms with Gasteiger partial charge in [-0.25, -0.2) is 0 Å². The molecule has 0 bridgehead atoms. The van der Waals surface area contributed by atoms with Crippen molar-refractivity contribution >= 4 is 15.9 Å². The van der Waals surface area contributed by atoms with Gasteiger partial charge in [-0.3, -0.25) is 0 Å². The number of rotatable bonds is 5. The second-order valence-electron chi connectivity index (χ2n) is 6.19. The summed E-state index contributed by atoms with van der Waals surface area (Å²) in [6.45, 7) is 3.88. The summed E-state index contributed by atoms with van der Waals surface area (Å²) in [5.41, 5.74) is 2.28. The van der Waals surface area contributed by atoms with E-state index in [-0.39, 0.29) is 0 Å². The third kappa shape index (κ3) is 3.14. The van der Waals surface area contributed by atoms with Gasteiger partial charge in [-0.05, 0) is 37.3 Å². The predicted octanol–water partition coefficient (Wildman–Crippen LogP) is 2.06. The first kappa shape index (κ1) is 15.8. The Hall–Kier alpha value is -1.11. The van der Waals surface area contributed by atoms with E-state index >= 15 is 0 Å². The average Bonchev–Trinajstić information content (AvgIpc) is 3.21. The molecule has 5 nitrogen and oxygen atoms in total. The summed E-state index contributed by atoms with van der Waals surface area (Å²) >= 11 is 0. The van der Waals surface area contributed by atoms with Crippen molar-refractivity contribution in [2.75, 3.05) is 38.1 Å². The maximum Gasteiger partial charge on any atom is 0.282 e. The highest BCUT2D eigenvalue weighted by Gasteiger charge is 2.30. The summed E-state index contributed by atoms with van der Waals surface area (Å²) in [4.78, 5) is 2.37. The van der Waals surface area contributed by atoms with Crippen LogP contribution in [-0.4, -0.2) is 50.3 Å². The van der Waals surface area contributed by atoms with E-state index in [0.29, 0.717) is 19.6 Å². The fourth-order valence-corrected chi connectivity index (χ4v) is 4.76. The van der Waals surface area contributed by atoms with E-state index in [0.717, 1.165) is 31.5 Å². The van der Waals surface area contributed by atoms with E-state index in [4.69, 9.17) is 0 Å². The number of para-hydroxylation sites is 1. The zero-order valence-electron chi connectivity index (χ0n) is 13.2. The molecular weight excluding hydrogens is 298 g/mol.